The van der Waals surface area contributed by atoms with Crippen molar-refractivity contribution in [1.82, 2.24) is 10.6 Å². The van der Waals surface area contributed by atoms with Crippen molar-refractivity contribution >= 4 is 11.8 Å². The van der Waals surface area contributed by atoms with Gasteiger partial charge in [-0.3, -0.25) is 9.59 Å². The number of rotatable bonds is 5. The van der Waals surface area contributed by atoms with Crippen molar-refractivity contribution in [3.8, 4) is 12.3 Å². The molecule has 0 aromatic heterocycles. The predicted molar refractivity (Wildman–Crippen MR) is 93.1 cm³/mol. The molecular weight excluding hydrogens is 288 g/mol. The molecule has 0 saturated heterocycles. The van der Waals surface area contributed by atoms with E-state index in [1.54, 1.807) is 12.1 Å². The average molecular weight is 314 g/mol. The minimum atomic E-state index is -0.613. The lowest BCUT2D eigenvalue weighted by Gasteiger charge is -2.22. The maximum absolute atomic E-state index is 12.4. The molecule has 1 unspecified atom stereocenters. The molecule has 124 valence electrons. The molecule has 4 heteroatoms. The van der Waals surface area contributed by atoms with Gasteiger partial charge in [0.2, 0.25) is 5.91 Å². The Morgan fingerprint density at radius 2 is 1.74 bits per heavy atom. The van der Waals surface area contributed by atoms with E-state index in [1.165, 1.54) is 0 Å². The van der Waals surface area contributed by atoms with Gasteiger partial charge in [0.1, 0.15) is 6.04 Å². The number of benzene rings is 1. The molecule has 4 nitrogen and oxygen atoms in total. The SMILES string of the molecule is C#CCNC(=O)C(NC(=O)c1ccc(C(C)(C)C)cc1)C(C)C. The van der Waals surface area contributed by atoms with Crippen LogP contribution in [0, 0.1) is 18.3 Å². The van der Waals surface area contributed by atoms with Crippen LogP contribution < -0.4 is 10.6 Å². The normalized spacial score (nSPS) is 12.4. The van der Waals surface area contributed by atoms with Gasteiger partial charge < -0.3 is 10.6 Å². The second-order valence-corrected chi connectivity index (χ2v) is 6.94. The van der Waals surface area contributed by atoms with Crippen LogP contribution in [0.25, 0.3) is 0 Å². The van der Waals surface area contributed by atoms with Gasteiger partial charge in [0.05, 0.1) is 6.54 Å². The van der Waals surface area contributed by atoms with Crippen molar-refractivity contribution < 1.29 is 9.59 Å². The summed E-state index contributed by atoms with van der Waals surface area (Å²) >= 11 is 0. The summed E-state index contributed by atoms with van der Waals surface area (Å²) in [6.07, 6.45) is 5.14. The van der Waals surface area contributed by atoms with Crippen LogP contribution >= 0.6 is 0 Å². The van der Waals surface area contributed by atoms with Gasteiger partial charge in [0.25, 0.3) is 5.91 Å². The molecule has 1 aromatic rings. The summed E-state index contributed by atoms with van der Waals surface area (Å²) in [5.41, 5.74) is 1.72. The van der Waals surface area contributed by atoms with E-state index in [1.807, 2.05) is 26.0 Å². The third-order valence-corrected chi connectivity index (χ3v) is 3.61. The Labute approximate surface area is 139 Å². The van der Waals surface area contributed by atoms with E-state index in [4.69, 9.17) is 6.42 Å². The van der Waals surface area contributed by atoms with Crippen LogP contribution in [0.1, 0.15) is 50.5 Å². The molecule has 0 aliphatic carbocycles. The number of hydrogen-bond acceptors (Lipinski definition) is 2. The maximum Gasteiger partial charge on any atom is 0.251 e. The van der Waals surface area contributed by atoms with Crippen molar-refractivity contribution in [2.24, 2.45) is 5.92 Å². The van der Waals surface area contributed by atoms with Crippen LogP contribution in [0.5, 0.6) is 0 Å². The molecule has 23 heavy (non-hydrogen) atoms. The lowest BCUT2D eigenvalue weighted by atomic mass is 9.86. The molecule has 0 aliphatic heterocycles. The molecule has 0 saturated carbocycles. The lowest BCUT2D eigenvalue weighted by Crippen LogP contribution is -2.49. The molecule has 2 N–H and O–H groups in total. The van der Waals surface area contributed by atoms with Crippen LogP contribution in [-0.2, 0) is 10.2 Å². The van der Waals surface area contributed by atoms with Crippen molar-refractivity contribution in [3.63, 3.8) is 0 Å². The Balaban J connectivity index is 2.83. The summed E-state index contributed by atoms with van der Waals surface area (Å²) in [6, 6.07) is 6.84. The van der Waals surface area contributed by atoms with Crippen LogP contribution in [-0.4, -0.2) is 24.4 Å². The second kappa shape index (κ2) is 7.82. The first-order valence-corrected chi connectivity index (χ1v) is 7.79. The molecule has 2 amide bonds. The number of terminal acetylenes is 1. The van der Waals surface area contributed by atoms with E-state index in [9.17, 15) is 9.59 Å². The zero-order chi connectivity index (χ0) is 17.6. The summed E-state index contributed by atoms with van der Waals surface area (Å²) in [7, 11) is 0. The Bertz CT molecular complexity index is 589. The van der Waals surface area contributed by atoms with Crippen LogP contribution in [0.4, 0.5) is 0 Å². The Morgan fingerprint density at radius 1 is 1.17 bits per heavy atom. The topological polar surface area (TPSA) is 58.2 Å². The van der Waals surface area contributed by atoms with Gasteiger partial charge in [0.15, 0.2) is 0 Å². The summed E-state index contributed by atoms with van der Waals surface area (Å²) in [6.45, 7) is 10.3. The highest BCUT2D eigenvalue weighted by molar-refractivity contribution is 5.97. The van der Waals surface area contributed by atoms with Crippen LogP contribution in [0.15, 0.2) is 24.3 Å². The fourth-order valence-corrected chi connectivity index (χ4v) is 2.13. The quantitative estimate of drug-likeness (QED) is 0.820. The van der Waals surface area contributed by atoms with Gasteiger partial charge in [-0.05, 0) is 29.0 Å². The first-order valence-electron chi connectivity index (χ1n) is 7.79. The highest BCUT2D eigenvalue weighted by Gasteiger charge is 2.24. The number of hydrogen-bond donors (Lipinski definition) is 2. The van der Waals surface area contributed by atoms with Crippen molar-refractivity contribution in [2.75, 3.05) is 6.54 Å². The van der Waals surface area contributed by atoms with Crippen LogP contribution in [0.3, 0.4) is 0 Å². The van der Waals surface area contributed by atoms with E-state index in [-0.39, 0.29) is 29.7 Å². The van der Waals surface area contributed by atoms with E-state index < -0.39 is 6.04 Å². The standard InChI is InChI=1S/C19H26N2O2/c1-7-12-20-18(23)16(13(2)3)21-17(22)14-8-10-15(11-9-14)19(4,5)6/h1,8-11,13,16H,12H2,2-6H3,(H,20,23)(H,21,22). The summed E-state index contributed by atoms with van der Waals surface area (Å²) in [5, 5.41) is 5.39. The predicted octanol–water partition coefficient (Wildman–Crippen LogP) is 2.49. The first-order chi connectivity index (χ1) is 10.7. The Kier molecular flexibility index (Phi) is 6.38. The molecule has 0 radical (unpaired) electrons. The third kappa shape index (κ3) is 5.45. The molecule has 1 rings (SSSR count). The van der Waals surface area contributed by atoms with Crippen molar-refractivity contribution in [2.45, 2.75) is 46.1 Å². The minimum absolute atomic E-state index is 0.0323. The number of carbonyl (C=O) groups excluding carboxylic acids is 2. The lowest BCUT2D eigenvalue weighted by molar-refractivity contribution is -0.123. The highest BCUT2D eigenvalue weighted by atomic mass is 16.2. The highest BCUT2D eigenvalue weighted by Crippen LogP contribution is 2.22. The van der Waals surface area contributed by atoms with E-state index in [2.05, 4.69) is 37.3 Å². The molecule has 0 aliphatic rings. The van der Waals surface area contributed by atoms with Gasteiger partial charge in [-0.15, -0.1) is 6.42 Å². The number of nitrogens with one attached hydrogen (secondary N) is 2. The monoisotopic (exact) mass is 314 g/mol. The second-order valence-electron chi connectivity index (χ2n) is 6.94. The zero-order valence-corrected chi connectivity index (χ0v) is 14.6. The van der Waals surface area contributed by atoms with Gasteiger partial charge in [-0.2, -0.15) is 0 Å². The summed E-state index contributed by atoms with van der Waals surface area (Å²) in [5.74, 6) is 1.79. The van der Waals surface area contributed by atoms with Gasteiger partial charge in [-0.1, -0.05) is 52.7 Å². The maximum atomic E-state index is 12.4. The molecule has 0 spiro atoms. The number of carbonyl (C=O) groups is 2. The zero-order valence-electron chi connectivity index (χ0n) is 14.6. The van der Waals surface area contributed by atoms with E-state index in [0.29, 0.717) is 5.56 Å². The summed E-state index contributed by atoms with van der Waals surface area (Å²) < 4.78 is 0. The molecule has 1 aromatic carbocycles. The van der Waals surface area contributed by atoms with Crippen molar-refractivity contribution in [1.29, 1.82) is 0 Å². The Hall–Kier alpha value is -2.28. The fraction of sp³-hybridized carbons (Fsp3) is 0.474. The summed E-state index contributed by atoms with van der Waals surface area (Å²) in [4.78, 5) is 24.4. The van der Waals surface area contributed by atoms with Gasteiger partial charge in [0, 0.05) is 5.56 Å². The smallest absolute Gasteiger partial charge is 0.251 e. The molecule has 0 heterocycles. The number of amides is 2. The van der Waals surface area contributed by atoms with Crippen LogP contribution in [0.2, 0.25) is 0 Å². The van der Waals surface area contributed by atoms with Crippen molar-refractivity contribution in [3.05, 3.63) is 35.4 Å². The molecule has 1 atom stereocenters. The molecule has 0 fully saturated rings. The van der Waals surface area contributed by atoms with E-state index in [0.717, 1.165) is 5.56 Å². The first kappa shape index (κ1) is 18.8. The third-order valence-electron chi connectivity index (χ3n) is 3.61. The fourth-order valence-electron chi connectivity index (χ4n) is 2.13. The minimum Gasteiger partial charge on any atom is -0.343 e. The van der Waals surface area contributed by atoms with E-state index >= 15 is 0 Å². The van der Waals surface area contributed by atoms with Gasteiger partial charge in [-0.25, -0.2) is 0 Å². The largest absolute Gasteiger partial charge is 0.343 e. The molecule has 0 bridgehead atoms. The Morgan fingerprint density at radius 3 is 2.17 bits per heavy atom. The molecular formula is C19H26N2O2. The average Bonchev–Trinajstić information content (AvgIpc) is 2.48. The van der Waals surface area contributed by atoms with Gasteiger partial charge >= 0.3 is 0 Å².